The molecule has 0 bridgehead atoms. The van der Waals surface area contributed by atoms with Crippen LogP contribution < -0.4 is 15.9 Å². The quantitative estimate of drug-likeness (QED) is 0.767. The van der Waals surface area contributed by atoms with Gasteiger partial charge in [0.05, 0.1) is 5.36 Å². The molecule has 1 N–H and O–H groups in total. The number of carbonyl (C=O) groups excluding carboxylic acids is 1. The molecule has 2 aromatic rings. The molecular weight excluding hydrogens is 436 g/mol. The zero-order valence-corrected chi connectivity index (χ0v) is 16.9. The number of hydrogen-bond donors (Lipinski definition) is 1. The summed E-state index contributed by atoms with van der Waals surface area (Å²) in [6, 6.07) is 13.2. The zero-order chi connectivity index (χ0) is 18.3. The number of fused-ring (bicyclic) bond motifs is 2. The lowest BCUT2D eigenvalue weighted by atomic mass is 10.1. The fraction of sp³-hybridized carbons (Fsp3) is 0.167. The second-order valence-corrected chi connectivity index (χ2v) is 8.25. The lowest BCUT2D eigenvalue weighted by Crippen LogP contribution is -2.50. The Hall–Kier alpha value is -1.83. The monoisotopic (exact) mass is 448 g/mol. The third-order valence-corrected chi connectivity index (χ3v) is 5.62. The van der Waals surface area contributed by atoms with Crippen LogP contribution in [0.15, 0.2) is 57.0 Å². The van der Waals surface area contributed by atoms with E-state index in [4.69, 9.17) is 16.6 Å². The number of benzene rings is 2. The minimum atomic E-state index is -0.495. The first-order valence-corrected chi connectivity index (χ1v) is 10.2. The van der Waals surface area contributed by atoms with Crippen molar-refractivity contribution in [1.29, 1.82) is 0 Å². The van der Waals surface area contributed by atoms with Gasteiger partial charge in [-0.3, -0.25) is 15.1 Å². The number of amidine groups is 1. The molecule has 5 nitrogen and oxygen atoms in total. The Morgan fingerprint density at radius 3 is 2.88 bits per heavy atom. The number of carbonyl (C=O) groups is 1. The smallest absolute Gasteiger partial charge is 0.276 e. The maximum Gasteiger partial charge on any atom is 0.276 e. The molecule has 0 radical (unpaired) electrons. The average molecular weight is 450 g/mol. The molecule has 1 amide bonds. The van der Waals surface area contributed by atoms with E-state index in [2.05, 4.69) is 26.3 Å². The summed E-state index contributed by atoms with van der Waals surface area (Å²) in [7, 11) is 0. The Morgan fingerprint density at radius 1 is 1.31 bits per heavy atom. The van der Waals surface area contributed by atoms with Gasteiger partial charge in [0.1, 0.15) is 5.70 Å². The van der Waals surface area contributed by atoms with Gasteiger partial charge in [0, 0.05) is 20.3 Å². The second-order valence-electron chi connectivity index (χ2n) is 5.67. The second kappa shape index (κ2) is 7.06. The summed E-state index contributed by atoms with van der Waals surface area (Å²) in [6.07, 6.45) is -0.495. The van der Waals surface area contributed by atoms with Crippen LogP contribution in [0.1, 0.15) is 18.7 Å². The van der Waals surface area contributed by atoms with E-state index in [0.29, 0.717) is 15.9 Å². The molecule has 0 saturated heterocycles. The number of amides is 1. The molecule has 4 rings (SSSR count). The highest BCUT2D eigenvalue weighted by Gasteiger charge is 2.35. The van der Waals surface area contributed by atoms with Crippen molar-refractivity contribution in [3.63, 3.8) is 0 Å². The van der Waals surface area contributed by atoms with E-state index in [1.807, 2.05) is 49.4 Å². The van der Waals surface area contributed by atoms with Gasteiger partial charge in [-0.05, 0) is 30.0 Å². The van der Waals surface area contributed by atoms with Crippen LogP contribution in [0.4, 0.5) is 0 Å². The molecule has 2 aromatic carbocycles. The summed E-state index contributed by atoms with van der Waals surface area (Å²) in [5, 5.41) is 11.8. The van der Waals surface area contributed by atoms with E-state index >= 15 is 0 Å². The van der Waals surface area contributed by atoms with Gasteiger partial charge in [0.15, 0.2) is 11.3 Å². The van der Waals surface area contributed by atoms with Crippen LogP contribution in [0.5, 0.6) is 0 Å². The van der Waals surface area contributed by atoms with Crippen molar-refractivity contribution in [2.45, 2.75) is 13.1 Å². The Kier molecular flexibility index (Phi) is 4.77. The van der Waals surface area contributed by atoms with Crippen LogP contribution in [0.25, 0.3) is 5.70 Å². The first-order chi connectivity index (χ1) is 12.6. The molecule has 2 aliphatic heterocycles. The Bertz CT molecular complexity index is 1060. The number of nitrogens with zero attached hydrogens (tertiary/aromatic N) is 3. The van der Waals surface area contributed by atoms with Gasteiger partial charge in [-0.2, -0.15) is 0 Å². The van der Waals surface area contributed by atoms with Gasteiger partial charge < -0.3 is 0 Å². The van der Waals surface area contributed by atoms with Gasteiger partial charge in [0.25, 0.3) is 5.91 Å². The average Bonchev–Trinajstić information content (AvgIpc) is 2.62. The molecule has 0 aromatic heterocycles. The number of thioether (sulfide) groups is 1. The number of nitrogens with one attached hydrogen (secondary N) is 1. The topological polar surface area (TPSA) is 57.1 Å². The summed E-state index contributed by atoms with van der Waals surface area (Å²) >= 11 is 11.4. The van der Waals surface area contributed by atoms with Crippen molar-refractivity contribution in [2.24, 2.45) is 10.1 Å². The van der Waals surface area contributed by atoms with Crippen molar-refractivity contribution in [3.8, 4) is 0 Å². The molecule has 2 aliphatic rings. The fourth-order valence-corrected chi connectivity index (χ4v) is 4.12. The van der Waals surface area contributed by atoms with Gasteiger partial charge in [-0.25, -0.2) is 5.01 Å². The van der Waals surface area contributed by atoms with E-state index in [1.54, 1.807) is 5.01 Å². The molecule has 1 atom stereocenters. The maximum absolute atomic E-state index is 12.9. The molecule has 0 aliphatic carbocycles. The minimum absolute atomic E-state index is 0.192. The van der Waals surface area contributed by atoms with Crippen molar-refractivity contribution in [3.05, 3.63) is 68.1 Å². The fourth-order valence-electron chi connectivity index (χ4n) is 2.94. The Labute approximate surface area is 168 Å². The predicted molar refractivity (Wildman–Crippen MR) is 108 cm³/mol. The van der Waals surface area contributed by atoms with E-state index < -0.39 is 6.17 Å². The summed E-state index contributed by atoms with van der Waals surface area (Å²) in [5.41, 5.74) is 1.28. The number of hydrazone groups is 1. The first-order valence-electron chi connectivity index (χ1n) is 8.02. The zero-order valence-electron chi connectivity index (χ0n) is 13.7. The van der Waals surface area contributed by atoms with Crippen LogP contribution in [-0.4, -0.2) is 21.8 Å². The normalized spacial score (nSPS) is 18.5. The highest BCUT2D eigenvalue weighted by atomic mass is 79.9. The van der Waals surface area contributed by atoms with Crippen LogP contribution in [0, 0.1) is 0 Å². The Balaban J connectivity index is 2.00. The summed E-state index contributed by atoms with van der Waals surface area (Å²) in [4.78, 5) is 17.7. The molecule has 0 fully saturated rings. The molecule has 132 valence electrons. The molecule has 8 heteroatoms. The van der Waals surface area contributed by atoms with Crippen LogP contribution >= 0.6 is 39.3 Å². The van der Waals surface area contributed by atoms with Gasteiger partial charge in [-0.15, -0.1) is 5.10 Å². The van der Waals surface area contributed by atoms with Gasteiger partial charge in [-0.1, -0.05) is 64.4 Å². The SMILES string of the molecule is CCSC1=NN2C(=c3cc(Br)ccc3=N[C@H]2c2ccccc2Cl)C(=O)N1. The number of rotatable bonds is 2. The van der Waals surface area contributed by atoms with E-state index in [-0.39, 0.29) is 5.91 Å². The van der Waals surface area contributed by atoms with Crippen LogP contribution in [-0.2, 0) is 4.79 Å². The van der Waals surface area contributed by atoms with E-state index in [9.17, 15) is 4.79 Å². The number of halogens is 2. The standard InChI is InChI=1S/C18H14BrClN4OS/c1-2-26-18-22-17(25)15-12-9-10(19)7-8-14(12)21-16(24(15)23-18)11-5-3-4-6-13(11)20/h3-9,16H,2H2,1H3,(H,22,23,25)/t16-/m1/s1. The summed E-state index contributed by atoms with van der Waals surface area (Å²) in [6.45, 7) is 2.01. The van der Waals surface area contributed by atoms with E-state index in [0.717, 1.165) is 26.4 Å². The third-order valence-electron chi connectivity index (χ3n) is 4.03. The Morgan fingerprint density at radius 2 is 2.12 bits per heavy atom. The lowest BCUT2D eigenvalue weighted by molar-refractivity contribution is -0.116. The van der Waals surface area contributed by atoms with E-state index in [1.165, 1.54) is 11.8 Å². The summed E-state index contributed by atoms with van der Waals surface area (Å²) < 4.78 is 0.876. The molecule has 26 heavy (non-hydrogen) atoms. The molecule has 0 saturated carbocycles. The van der Waals surface area contributed by atoms with Gasteiger partial charge in [0.2, 0.25) is 0 Å². The van der Waals surface area contributed by atoms with Crippen molar-refractivity contribution in [2.75, 3.05) is 5.75 Å². The van der Waals surface area contributed by atoms with Crippen molar-refractivity contribution in [1.82, 2.24) is 10.3 Å². The highest BCUT2D eigenvalue weighted by Crippen LogP contribution is 2.34. The predicted octanol–water partition coefficient (Wildman–Crippen LogP) is 3.00. The maximum atomic E-state index is 12.9. The first kappa shape index (κ1) is 17.6. The minimum Gasteiger partial charge on any atom is -0.298 e. The van der Waals surface area contributed by atoms with Gasteiger partial charge >= 0.3 is 0 Å². The summed E-state index contributed by atoms with van der Waals surface area (Å²) in [5.74, 6) is 0.612. The number of hydrogen-bond acceptors (Lipinski definition) is 5. The largest absolute Gasteiger partial charge is 0.298 e. The third kappa shape index (κ3) is 3.04. The molecular formula is C18H14BrClN4OS. The van der Waals surface area contributed by atoms with Crippen LogP contribution in [0.3, 0.4) is 0 Å². The van der Waals surface area contributed by atoms with Crippen molar-refractivity contribution < 1.29 is 4.79 Å². The highest BCUT2D eigenvalue weighted by molar-refractivity contribution is 9.10. The van der Waals surface area contributed by atoms with Crippen LogP contribution in [0.2, 0.25) is 5.02 Å². The lowest BCUT2D eigenvalue weighted by Gasteiger charge is -2.34. The van der Waals surface area contributed by atoms with Crippen molar-refractivity contribution >= 4 is 56.1 Å². The molecule has 2 heterocycles. The molecule has 0 spiro atoms. The molecule has 0 unspecified atom stereocenters.